The molecule has 1 saturated carbocycles. The third kappa shape index (κ3) is 3.89. The third-order valence-electron chi connectivity index (χ3n) is 5.04. The first kappa shape index (κ1) is 20.3. The van der Waals surface area contributed by atoms with Gasteiger partial charge < -0.3 is 16.4 Å². The van der Waals surface area contributed by atoms with Crippen molar-refractivity contribution in [2.24, 2.45) is 11.7 Å². The molecule has 1 heterocycles. The Morgan fingerprint density at radius 3 is 2.75 bits per heavy atom. The summed E-state index contributed by atoms with van der Waals surface area (Å²) >= 11 is 4.14. The molecule has 1 aromatic rings. The topological polar surface area (TPSA) is 90.9 Å². The van der Waals surface area contributed by atoms with Crippen LogP contribution in [0.5, 0.6) is 0 Å². The molecule has 1 aliphatic heterocycles. The van der Waals surface area contributed by atoms with Gasteiger partial charge >= 0.3 is 0 Å². The number of allylic oxidation sites excluding steroid dienone is 4. The summed E-state index contributed by atoms with van der Waals surface area (Å²) in [5, 5.41) is 19.9. The second-order valence-electron chi connectivity index (χ2n) is 7.18. The molecule has 0 bridgehead atoms. The van der Waals surface area contributed by atoms with Crippen molar-refractivity contribution in [1.29, 1.82) is 5.26 Å². The van der Waals surface area contributed by atoms with Gasteiger partial charge in [0.1, 0.15) is 11.6 Å². The SMILES string of the molecule is CC(=C/S)/C=C(\C)Nc1cc(N[C@@]2(C(N)=O)CC2C2=CC=S2C)ccc1C#N. The fourth-order valence-corrected chi connectivity index (χ4v) is 4.78. The number of nitrogens with one attached hydrogen (secondary N) is 2. The van der Waals surface area contributed by atoms with Gasteiger partial charge in [-0.1, -0.05) is 0 Å². The van der Waals surface area contributed by atoms with E-state index in [1.54, 1.807) is 11.5 Å². The average Bonchev–Trinajstić information content (AvgIpc) is 3.34. The van der Waals surface area contributed by atoms with Gasteiger partial charge in [0, 0.05) is 17.3 Å². The van der Waals surface area contributed by atoms with E-state index in [0.29, 0.717) is 17.7 Å². The number of nitrogens with two attached hydrogens (primary N) is 1. The molecule has 5 nitrogen and oxygen atoms in total. The van der Waals surface area contributed by atoms with Crippen molar-refractivity contribution in [2.45, 2.75) is 25.8 Å². The van der Waals surface area contributed by atoms with Crippen molar-refractivity contribution >= 4 is 45.8 Å². The van der Waals surface area contributed by atoms with E-state index >= 15 is 0 Å². The normalized spacial score (nSPS) is 26.3. The Labute approximate surface area is 173 Å². The summed E-state index contributed by atoms with van der Waals surface area (Å²) in [6.45, 7) is 3.87. The minimum atomic E-state index is -0.747. The Kier molecular flexibility index (Phi) is 5.73. The Hall–Kier alpha value is -2.43. The van der Waals surface area contributed by atoms with Crippen LogP contribution < -0.4 is 16.4 Å². The molecule has 2 aliphatic rings. The Balaban J connectivity index is 1.84. The molecule has 28 heavy (non-hydrogen) atoms. The molecule has 146 valence electrons. The number of benzene rings is 1. The molecule has 1 amide bonds. The van der Waals surface area contributed by atoms with Crippen molar-refractivity contribution in [3.63, 3.8) is 0 Å². The number of nitriles is 1. The van der Waals surface area contributed by atoms with E-state index in [2.05, 4.69) is 47.0 Å². The number of rotatable bonds is 7. The molecule has 0 aromatic heterocycles. The highest BCUT2D eigenvalue weighted by atomic mass is 32.2. The Morgan fingerprint density at radius 1 is 1.46 bits per heavy atom. The van der Waals surface area contributed by atoms with Crippen LogP contribution in [-0.2, 0) is 4.79 Å². The van der Waals surface area contributed by atoms with Crippen LogP contribution in [0.2, 0.25) is 0 Å². The van der Waals surface area contributed by atoms with Crippen molar-refractivity contribution in [3.8, 4) is 6.07 Å². The van der Waals surface area contributed by atoms with Gasteiger partial charge in [0.2, 0.25) is 5.91 Å². The number of nitrogens with zero attached hydrogens (tertiary/aromatic N) is 1. The standard InChI is InChI=1S/C21H24N4OS2/c1-13(12-27)8-14(2)24-18-9-16(5-4-15(18)11-22)25-21(20(23)26)10-17(21)19-6-7-28(19)3/h4-9,12,17,24-25,27H,10H2,1-3H3,(H2,23,26)/b13-12-,14-8+/t17?,21-,28?/m0/s1. The second-order valence-corrected chi connectivity index (χ2v) is 9.29. The lowest BCUT2D eigenvalue weighted by molar-refractivity contribution is -0.119. The lowest BCUT2D eigenvalue weighted by Gasteiger charge is -2.22. The number of carbonyl (C=O) groups is 1. The number of anilines is 2. The highest BCUT2D eigenvalue weighted by Crippen LogP contribution is 2.56. The Morgan fingerprint density at radius 2 is 2.21 bits per heavy atom. The molecule has 1 fully saturated rings. The van der Waals surface area contributed by atoms with Gasteiger partial charge in [0.15, 0.2) is 0 Å². The fourth-order valence-electron chi connectivity index (χ4n) is 3.41. The molecular formula is C21H24N4OS2. The smallest absolute Gasteiger partial charge is 0.243 e. The van der Waals surface area contributed by atoms with Gasteiger partial charge in [0.25, 0.3) is 0 Å². The van der Waals surface area contributed by atoms with Crippen LogP contribution in [0.15, 0.2) is 51.9 Å². The second kappa shape index (κ2) is 7.90. The zero-order valence-corrected chi connectivity index (χ0v) is 17.8. The van der Waals surface area contributed by atoms with E-state index in [0.717, 1.165) is 17.0 Å². The molecule has 0 spiro atoms. The highest BCUT2D eigenvalue weighted by molar-refractivity contribution is 8.19. The van der Waals surface area contributed by atoms with E-state index in [4.69, 9.17) is 5.73 Å². The molecule has 7 heteroatoms. The zero-order valence-electron chi connectivity index (χ0n) is 16.1. The van der Waals surface area contributed by atoms with Gasteiger partial charge in [-0.3, -0.25) is 4.79 Å². The molecular weight excluding hydrogens is 388 g/mol. The summed E-state index contributed by atoms with van der Waals surface area (Å²) < 4.78 is 0. The predicted octanol–water partition coefficient (Wildman–Crippen LogP) is 3.96. The third-order valence-corrected chi connectivity index (χ3v) is 7.16. The maximum Gasteiger partial charge on any atom is 0.243 e. The number of hydrogen-bond donors (Lipinski definition) is 4. The largest absolute Gasteiger partial charge is 0.371 e. The zero-order chi connectivity index (χ0) is 20.5. The van der Waals surface area contributed by atoms with E-state index < -0.39 is 5.54 Å². The molecule has 4 N–H and O–H groups in total. The fraction of sp³-hybridized carbons (Fsp3) is 0.286. The molecule has 3 atom stereocenters. The Bertz CT molecular complexity index is 1000. The quantitative estimate of drug-likeness (QED) is 0.310. The van der Waals surface area contributed by atoms with Crippen LogP contribution in [0.1, 0.15) is 25.8 Å². The van der Waals surface area contributed by atoms with E-state index in [9.17, 15) is 10.1 Å². The maximum absolute atomic E-state index is 12.2. The van der Waals surface area contributed by atoms with E-state index in [1.807, 2.05) is 32.1 Å². The summed E-state index contributed by atoms with van der Waals surface area (Å²) in [5.41, 5.74) is 8.85. The van der Waals surface area contributed by atoms with Crippen LogP contribution >= 0.6 is 23.1 Å². The highest BCUT2D eigenvalue weighted by Gasteiger charge is 2.61. The van der Waals surface area contributed by atoms with Gasteiger partial charge in [0.05, 0.1) is 11.3 Å². The van der Waals surface area contributed by atoms with Crippen LogP contribution in [0.4, 0.5) is 11.4 Å². The monoisotopic (exact) mass is 412 g/mol. The number of hydrogen-bond acceptors (Lipinski definition) is 5. The number of thiol groups is 1. The van der Waals surface area contributed by atoms with Crippen LogP contribution in [0.25, 0.3) is 0 Å². The molecule has 1 aromatic carbocycles. The van der Waals surface area contributed by atoms with Crippen LogP contribution in [-0.4, -0.2) is 23.1 Å². The molecule has 3 rings (SSSR count). The molecule has 1 aliphatic carbocycles. The maximum atomic E-state index is 12.2. The first-order valence-corrected chi connectivity index (χ1v) is 11.1. The van der Waals surface area contributed by atoms with Crippen molar-refractivity contribution in [2.75, 3.05) is 16.9 Å². The van der Waals surface area contributed by atoms with Crippen molar-refractivity contribution in [3.05, 3.63) is 57.5 Å². The minimum Gasteiger partial charge on any atom is -0.371 e. The summed E-state index contributed by atoms with van der Waals surface area (Å²) in [5.74, 6) is -0.202. The molecule has 0 saturated heterocycles. The van der Waals surface area contributed by atoms with Crippen LogP contribution in [0.3, 0.4) is 0 Å². The molecule has 0 radical (unpaired) electrons. The minimum absolute atomic E-state index is 0.121. The van der Waals surface area contributed by atoms with Gasteiger partial charge in [-0.15, -0.1) is 0 Å². The lowest BCUT2D eigenvalue weighted by Crippen LogP contribution is -2.40. The summed E-state index contributed by atoms with van der Waals surface area (Å²) in [4.78, 5) is 13.5. The predicted molar refractivity (Wildman–Crippen MR) is 123 cm³/mol. The number of carbonyl (C=O) groups excluding carboxylic acids is 1. The number of amides is 1. The first-order chi connectivity index (χ1) is 13.3. The first-order valence-electron chi connectivity index (χ1n) is 8.89. The van der Waals surface area contributed by atoms with Crippen molar-refractivity contribution in [1.82, 2.24) is 0 Å². The lowest BCUT2D eigenvalue weighted by atomic mass is 10.1. The van der Waals surface area contributed by atoms with E-state index in [-0.39, 0.29) is 22.3 Å². The average molecular weight is 413 g/mol. The molecule has 2 unspecified atom stereocenters. The summed E-state index contributed by atoms with van der Waals surface area (Å²) in [7, 11) is 0.121. The van der Waals surface area contributed by atoms with Crippen LogP contribution in [0, 0.1) is 17.2 Å². The van der Waals surface area contributed by atoms with E-state index in [1.165, 1.54) is 4.91 Å². The summed E-state index contributed by atoms with van der Waals surface area (Å²) in [6, 6.07) is 7.60. The van der Waals surface area contributed by atoms with Gasteiger partial charge in [-0.25, -0.2) is 0 Å². The summed E-state index contributed by atoms with van der Waals surface area (Å²) in [6.07, 6.45) is 6.89. The van der Waals surface area contributed by atoms with Gasteiger partial charge in [-0.2, -0.15) is 28.4 Å². The number of primary amides is 1. The van der Waals surface area contributed by atoms with Crippen molar-refractivity contribution < 1.29 is 4.79 Å². The van der Waals surface area contributed by atoms with Gasteiger partial charge in [-0.05, 0) is 78.1 Å².